The molecule has 3 nitrogen and oxygen atoms in total. The molecule has 0 unspecified atom stereocenters. The zero-order valence-electron chi connectivity index (χ0n) is 9.77. The lowest BCUT2D eigenvalue weighted by Gasteiger charge is -2.06. The Balaban J connectivity index is 2.42. The van der Waals surface area contributed by atoms with Crippen LogP contribution in [0.4, 0.5) is 0 Å². The molecule has 0 radical (unpaired) electrons. The van der Waals surface area contributed by atoms with Crippen molar-refractivity contribution in [2.45, 2.75) is 6.92 Å². The van der Waals surface area contributed by atoms with Crippen molar-refractivity contribution in [1.82, 2.24) is 9.55 Å². The van der Waals surface area contributed by atoms with Crippen molar-refractivity contribution in [3.05, 3.63) is 63.0 Å². The Hall–Kier alpha value is -1.81. The maximum atomic E-state index is 12.1. The fourth-order valence-corrected chi connectivity index (χ4v) is 2.48. The SMILES string of the molecule is Cc1ccccc1-n1c(=O)[nH]c2ccc(Br)cc21. The molecule has 3 rings (SSSR count). The summed E-state index contributed by atoms with van der Waals surface area (Å²) in [4.78, 5) is 15.0. The van der Waals surface area contributed by atoms with Gasteiger partial charge in [0.2, 0.25) is 0 Å². The third-order valence-electron chi connectivity index (χ3n) is 3.00. The number of fused-ring (bicyclic) bond motifs is 1. The lowest BCUT2D eigenvalue weighted by atomic mass is 10.2. The summed E-state index contributed by atoms with van der Waals surface area (Å²) < 4.78 is 2.66. The molecule has 0 spiro atoms. The van der Waals surface area contributed by atoms with Crippen LogP contribution in [0.1, 0.15) is 5.56 Å². The molecule has 3 aromatic rings. The number of hydrogen-bond donors (Lipinski definition) is 1. The van der Waals surface area contributed by atoms with E-state index in [0.29, 0.717) is 0 Å². The van der Waals surface area contributed by atoms with E-state index in [2.05, 4.69) is 20.9 Å². The van der Waals surface area contributed by atoms with Gasteiger partial charge in [0.15, 0.2) is 0 Å². The average molecular weight is 303 g/mol. The van der Waals surface area contributed by atoms with Gasteiger partial charge < -0.3 is 4.98 Å². The molecule has 1 aromatic heterocycles. The molecule has 90 valence electrons. The highest BCUT2D eigenvalue weighted by molar-refractivity contribution is 9.10. The molecule has 0 amide bonds. The van der Waals surface area contributed by atoms with Gasteiger partial charge in [-0.3, -0.25) is 4.57 Å². The largest absolute Gasteiger partial charge is 0.331 e. The molecule has 1 heterocycles. The van der Waals surface area contributed by atoms with E-state index in [4.69, 9.17) is 0 Å². The topological polar surface area (TPSA) is 37.8 Å². The van der Waals surface area contributed by atoms with Crippen LogP contribution in [0, 0.1) is 6.92 Å². The molecule has 0 saturated carbocycles. The minimum Gasteiger partial charge on any atom is -0.305 e. The van der Waals surface area contributed by atoms with Crippen LogP contribution in [0.5, 0.6) is 0 Å². The number of aryl methyl sites for hydroxylation is 1. The predicted molar refractivity (Wildman–Crippen MR) is 76.3 cm³/mol. The van der Waals surface area contributed by atoms with E-state index in [0.717, 1.165) is 26.8 Å². The van der Waals surface area contributed by atoms with Gasteiger partial charge in [0.1, 0.15) is 0 Å². The van der Waals surface area contributed by atoms with Crippen molar-refractivity contribution in [1.29, 1.82) is 0 Å². The minimum absolute atomic E-state index is 0.114. The lowest BCUT2D eigenvalue weighted by Crippen LogP contribution is -2.15. The third-order valence-corrected chi connectivity index (χ3v) is 3.49. The molecule has 1 N–H and O–H groups in total. The maximum Gasteiger partial charge on any atom is 0.331 e. The van der Waals surface area contributed by atoms with Crippen LogP contribution in [0.3, 0.4) is 0 Å². The van der Waals surface area contributed by atoms with E-state index in [-0.39, 0.29) is 5.69 Å². The molecule has 0 aliphatic rings. The number of nitrogens with one attached hydrogen (secondary N) is 1. The van der Waals surface area contributed by atoms with Crippen LogP contribution in [-0.4, -0.2) is 9.55 Å². The number of H-pyrrole nitrogens is 1. The Kier molecular flexibility index (Phi) is 2.59. The quantitative estimate of drug-likeness (QED) is 0.735. The lowest BCUT2D eigenvalue weighted by molar-refractivity contribution is 1.00. The second-order valence-corrected chi connectivity index (χ2v) is 5.13. The van der Waals surface area contributed by atoms with Crippen molar-refractivity contribution < 1.29 is 0 Å². The molecular formula is C14H11BrN2O. The van der Waals surface area contributed by atoms with Gasteiger partial charge in [0.25, 0.3) is 0 Å². The average Bonchev–Trinajstić information content (AvgIpc) is 2.66. The molecule has 0 atom stereocenters. The van der Waals surface area contributed by atoms with E-state index < -0.39 is 0 Å². The first-order chi connectivity index (χ1) is 8.66. The van der Waals surface area contributed by atoms with Gasteiger partial charge in [-0.05, 0) is 36.8 Å². The number of para-hydroxylation sites is 1. The van der Waals surface area contributed by atoms with Crippen LogP contribution < -0.4 is 5.69 Å². The number of nitrogens with zero attached hydrogens (tertiary/aromatic N) is 1. The minimum atomic E-state index is -0.114. The van der Waals surface area contributed by atoms with Crippen LogP contribution in [0.15, 0.2) is 51.7 Å². The Morgan fingerprint density at radius 2 is 1.94 bits per heavy atom. The van der Waals surface area contributed by atoms with Gasteiger partial charge in [-0.25, -0.2) is 4.79 Å². The van der Waals surface area contributed by atoms with Crippen molar-refractivity contribution in [3.63, 3.8) is 0 Å². The predicted octanol–water partition coefficient (Wildman–Crippen LogP) is 3.39. The smallest absolute Gasteiger partial charge is 0.305 e. The number of hydrogen-bond acceptors (Lipinski definition) is 1. The second kappa shape index (κ2) is 4.14. The van der Waals surface area contributed by atoms with Crippen molar-refractivity contribution in [2.24, 2.45) is 0 Å². The summed E-state index contributed by atoms with van der Waals surface area (Å²) >= 11 is 3.44. The number of halogens is 1. The first-order valence-electron chi connectivity index (χ1n) is 5.63. The molecule has 18 heavy (non-hydrogen) atoms. The number of rotatable bonds is 1. The van der Waals surface area contributed by atoms with E-state index in [1.807, 2.05) is 49.4 Å². The number of benzene rings is 2. The number of imidazole rings is 1. The fraction of sp³-hybridized carbons (Fsp3) is 0.0714. The normalized spacial score (nSPS) is 11.0. The Labute approximate surface area is 112 Å². The number of aromatic amines is 1. The number of aromatic nitrogens is 2. The molecule has 0 aliphatic carbocycles. The Morgan fingerprint density at radius 1 is 1.17 bits per heavy atom. The van der Waals surface area contributed by atoms with Gasteiger partial charge >= 0.3 is 5.69 Å². The summed E-state index contributed by atoms with van der Waals surface area (Å²) in [6.45, 7) is 2.00. The molecule has 0 bridgehead atoms. The van der Waals surface area contributed by atoms with Crippen LogP contribution in [-0.2, 0) is 0 Å². The highest BCUT2D eigenvalue weighted by Gasteiger charge is 2.10. The van der Waals surface area contributed by atoms with Gasteiger partial charge in [-0.2, -0.15) is 0 Å². The van der Waals surface area contributed by atoms with E-state index >= 15 is 0 Å². The molecule has 4 heteroatoms. The highest BCUT2D eigenvalue weighted by atomic mass is 79.9. The summed E-state index contributed by atoms with van der Waals surface area (Å²) in [5, 5.41) is 0. The van der Waals surface area contributed by atoms with Crippen LogP contribution >= 0.6 is 15.9 Å². The van der Waals surface area contributed by atoms with Gasteiger partial charge in [0, 0.05) is 4.47 Å². The molecule has 2 aromatic carbocycles. The van der Waals surface area contributed by atoms with Crippen LogP contribution in [0.2, 0.25) is 0 Å². The summed E-state index contributed by atoms with van der Waals surface area (Å²) in [6.07, 6.45) is 0. The van der Waals surface area contributed by atoms with Crippen LogP contribution in [0.25, 0.3) is 16.7 Å². The van der Waals surface area contributed by atoms with Crippen molar-refractivity contribution in [2.75, 3.05) is 0 Å². The zero-order valence-corrected chi connectivity index (χ0v) is 11.4. The molecular weight excluding hydrogens is 292 g/mol. The first kappa shape index (κ1) is 11.3. The van der Waals surface area contributed by atoms with E-state index in [1.54, 1.807) is 4.57 Å². The summed E-state index contributed by atoms with van der Waals surface area (Å²) in [7, 11) is 0. The first-order valence-corrected chi connectivity index (χ1v) is 6.42. The van der Waals surface area contributed by atoms with Gasteiger partial charge in [-0.15, -0.1) is 0 Å². The summed E-state index contributed by atoms with van der Waals surface area (Å²) in [5.74, 6) is 0. The van der Waals surface area contributed by atoms with Crippen molar-refractivity contribution in [3.8, 4) is 5.69 Å². The molecule has 0 fully saturated rings. The Bertz CT molecular complexity index is 786. The molecule has 0 aliphatic heterocycles. The molecule has 0 saturated heterocycles. The summed E-state index contributed by atoms with van der Waals surface area (Å²) in [6, 6.07) is 13.6. The Morgan fingerprint density at radius 3 is 2.72 bits per heavy atom. The third kappa shape index (κ3) is 1.69. The standard InChI is InChI=1S/C14H11BrN2O/c1-9-4-2-3-5-12(9)17-13-8-10(15)6-7-11(13)16-14(17)18/h2-8H,1H3,(H,16,18). The zero-order chi connectivity index (χ0) is 12.7. The van der Waals surface area contributed by atoms with Gasteiger partial charge in [0.05, 0.1) is 16.7 Å². The van der Waals surface area contributed by atoms with Gasteiger partial charge in [-0.1, -0.05) is 34.1 Å². The maximum absolute atomic E-state index is 12.1. The van der Waals surface area contributed by atoms with E-state index in [9.17, 15) is 4.79 Å². The van der Waals surface area contributed by atoms with E-state index in [1.165, 1.54) is 0 Å². The summed E-state index contributed by atoms with van der Waals surface area (Å²) in [5.41, 5.74) is 3.58. The van der Waals surface area contributed by atoms with Crippen molar-refractivity contribution >= 4 is 27.0 Å². The highest BCUT2D eigenvalue weighted by Crippen LogP contribution is 2.21. The fourth-order valence-electron chi connectivity index (χ4n) is 2.13. The second-order valence-electron chi connectivity index (χ2n) is 4.21. The monoisotopic (exact) mass is 302 g/mol.